The summed E-state index contributed by atoms with van der Waals surface area (Å²) in [5, 5.41) is 1.74. The first-order chi connectivity index (χ1) is 10.5. The van der Waals surface area contributed by atoms with Crippen LogP contribution < -0.4 is 4.74 Å². The quantitative estimate of drug-likeness (QED) is 0.860. The zero-order valence-electron chi connectivity index (χ0n) is 12.5. The Bertz CT molecular complexity index is 771. The van der Waals surface area contributed by atoms with Gasteiger partial charge in [-0.3, -0.25) is 4.98 Å². The number of methoxy groups -OCH3 is 1. The van der Waals surface area contributed by atoms with Gasteiger partial charge in [-0.2, -0.15) is 4.31 Å². The van der Waals surface area contributed by atoms with E-state index in [2.05, 4.69) is 4.98 Å². The van der Waals surface area contributed by atoms with Gasteiger partial charge < -0.3 is 4.74 Å². The molecule has 0 aliphatic carbocycles. The van der Waals surface area contributed by atoms with Crippen LogP contribution >= 0.6 is 11.3 Å². The highest BCUT2D eigenvalue weighted by atomic mass is 32.2. The predicted octanol–water partition coefficient (Wildman–Crippen LogP) is 2.64. The van der Waals surface area contributed by atoms with Crippen molar-refractivity contribution >= 4 is 21.4 Å². The number of nitrogens with zero attached hydrogens (tertiary/aromatic N) is 2. The Kier molecular flexibility index (Phi) is 4.20. The third kappa shape index (κ3) is 2.76. The van der Waals surface area contributed by atoms with Crippen LogP contribution in [0.2, 0.25) is 0 Å². The molecule has 2 aromatic heterocycles. The van der Waals surface area contributed by atoms with Crippen LogP contribution in [0.5, 0.6) is 5.75 Å². The van der Waals surface area contributed by atoms with Crippen LogP contribution in [0.1, 0.15) is 23.6 Å². The van der Waals surface area contributed by atoms with Crippen molar-refractivity contribution in [1.82, 2.24) is 9.29 Å². The maximum atomic E-state index is 12.8. The van der Waals surface area contributed by atoms with Gasteiger partial charge >= 0.3 is 0 Å². The van der Waals surface area contributed by atoms with E-state index in [9.17, 15) is 8.42 Å². The lowest BCUT2D eigenvalue weighted by molar-refractivity contribution is 0.402. The lowest BCUT2D eigenvalue weighted by Gasteiger charge is -2.16. The predicted molar refractivity (Wildman–Crippen MR) is 86.0 cm³/mol. The summed E-state index contributed by atoms with van der Waals surface area (Å²) in [5.41, 5.74) is 2.11. The van der Waals surface area contributed by atoms with Crippen molar-refractivity contribution in [2.24, 2.45) is 0 Å². The number of aryl methyl sites for hydroxylation is 1. The minimum atomic E-state index is -3.49. The van der Waals surface area contributed by atoms with Gasteiger partial charge in [0.15, 0.2) is 4.21 Å². The Labute approximate surface area is 134 Å². The highest BCUT2D eigenvalue weighted by molar-refractivity contribution is 7.91. The third-order valence-electron chi connectivity index (χ3n) is 3.90. The molecule has 5 nitrogen and oxygen atoms in total. The SMILES string of the molecule is COc1ccsc1S(=O)(=O)N1CCC(c2cc(C)ccn2)C1. The summed E-state index contributed by atoms with van der Waals surface area (Å²) >= 11 is 1.20. The van der Waals surface area contributed by atoms with E-state index in [4.69, 9.17) is 4.74 Å². The van der Waals surface area contributed by atoms with Gasteiger partial charge in [0.05, 0.1) is 7.11 Å². The number of hydrogen-bond donors (Lipinski definition) is 0. The molecule has 1 aliphatic rings. The number of ether oxygens (including phenoxy) is 1. The van der Waals surface area contributed by atoms with E-state index in [1.165, 1.54) is 22.8 Å². The topological polar surface area (TPSA) is 59.5 Å². The molecular formula is C15H18N2O3S2. The standard InChI is InChI=1S/C15H18N2O3S2/c1-11-3-6-16-13(9-11)12-4-7-17(10-12)22(18,19)15-14(20-2)5-8-21-15/h3,5-6,8-9,12H,4,7,10H2,1-2H3. The number of rotatable bonds is 4. The molecule has 1 saturated heterocycles. The van der Waals surface area contributed by atoms with Crippen molar-refractivity contribution < 1.29 is 13.2 Å². The molecule has 1 atom stereocenters. The monoisotopic (exact) mass is 338 g/mol. The fourth-order valence-corrected chi connectivity index (χ4v) is 5.63. The van der Waals surface area contributed by atoms with Crippen molar-refractivity contribution in [2.75, 3.05) is 20.2 Å². The Morgan fingerprint density at radius 1 is 1.41 bits per heavy atom. The average Bonchev–Trinajstić information content (AvgIpc) is 3.17. The highest BCUT2D eigenvalue weighted by Gasteiger charge is 2.36. The molecule has 3 rings (SSSR count). The van der Waals surface area contributed by atoms with Crippen molar-refractivity contribution in [3.8, 4) is 5.75 Å². The van der Waals surface area contributed by atoms with Crippen LogP contribution in [0.15, 0.2) is 34.0 Å². The van der Waals surface area contributed by atoms with E-state index < -0.39 is 10.0 Å². The van der Waals surface area contributed by atoms with Crippen LogP contribution in [0.3, 0.4) is 0 Å². The smallest absolute Gasteiger partial charge is 0.256 e. The van der Waals surface area contributed by atoms with Crippen LogP contribution in [-0.2, 0) is 10.0 Å². The van der Waals surface area contributed by atoms with Gasteiger partial charge in [-0.05, 0) is 42.5 Å². The highest BCUT2D eigenvalue weighted by Crippen LogP contribution is 2.36. The van der Waals surface area contributed by atoms with Gasteiger partial charge in [-0.25, -0.2) is 8.42 Å². The molecule has 0 spiro atoms. The zero-order valence-corrected chi connectivity index (χ0v) is 14.2. The molecule has 0 saturated carbocycles. The number of aromatic nitrogens is 1. The third-order valence-corrected chi connectivity index (χ3v) is 7.18. The summed E-state index contributed by atoms with van der Waals surface area (Å²) in [6, 6.07) is 5.67. The minimum absolute atomic E-state index is 0.153. The summed E-state index contributed by atoms with van der Waals surface area (Å²) in [6.45, 7) is 3.01. The van der Waals surface area contributed by atoms with Gasteiger partial charge in [0.1, 0.15) is 5.75 Å². The fourth-order valence-electron chi connectivity index (χ4n) is 2.71. The van der Waals surface area contributed by atoms with E-state index in [0.717, 1.165) is 17.7 Å². The molecule has 1 fully saturated rings. The summed E-state index contributed by atoms with van der Waals surface area (Å²) in [7, 11) is -2.00. The first kappa shape index (κ1) is 15.5. The fraction of sp³-hybridized carbons (Fsp3) is 0.400. The van der Waals surface area contributed by atoms with Crippen LogP contribution in [0.25, 0.3) is 0 Å². The number of hydrogen-bond acceptors (Lipinski definition) is 5. The lowest BCUT2D eigenvalue weighted by atomic mass is 10.0. The Balaban J connectivity index is 1.83. The van der Waals surface area contributed by atoms with Crippen LogP contribution in [-0.4, -0.2) is 37.9 Å². The van der Waals surface area contributed by atoms with Crippen molar-refractivity contribution in [2.45, 2.75) is 23.5 Å². The summed E-state index contributed by atoms with van der Waals surface area (Å²) in [6.07, 6.45) is 2.58. The Morgan fingerprint density at radius 2 is 2.23 bits per heavy atom. The van der Waals surface area contributed by atoms with Crippen LogP contribution in [0.4, 0.5) is 0 Å². The molecule has 0 bridgehead atoms. The van der Waals surface area contributed by atoms with Crippen molar-refractivity contribution in [3.05, 3.63) is 41.0 Å². The van der Waals surface area contributed by atoms with Gasteiger partial charge in [-0.15, -0.1) is 11.3 Å². The van der Waals surface area contributed by atoms with Crippen molar-refractivity contribution in [1.29, 1.82) is 0 Å². The Hall–Kier alpha value is -1.44. The largest absolute Gasteiger partial charge is 0.494 e. The molecule has 118 valence electrons. The van der Waals surface area contributed by atoms with Crippen molar-refractivity contribution in [3.63, 3.8) is 0 Å². The van der Waals surface area contributed by atoms with E-state index in [1.54, 1.807) is 17.6 Å². The molecule has 0 aromatic carbocycles. The molecule has 0 N–H and O–H groups in total. The van der Waals surface area contributed by atoms with Gasteiger partial charge in [-0.1, -0.05) is 0 Å². The average molecular weight is 338 g/mol. The van der Waals surface area contributed by atoms with E-state index in [0.29, 0.717) is 18.8 Å². The molecule has 2 aromatic rings. The van der Waals surface area contributed by atoms with Gasteiger partial charge in [0, 0.05) is 30.9 Å². The molecule has 22 heavy (non-hydrogen) atoms. The van der Waals surface area contributed by atoms with E-state index in [1.807, 2.05) is 19.1 Å². The number of thiophene rings is 1. The van der Waals surface area contributed by atoms with Crippen LogP contribution in [0, 0.1) is 6.92 Å². The molecule has 3 heterocycles. The van der Waals surface area contributed by atoms with Gasteiger partial charge in [0.2, 0.25) is 0 Å². The molecule has 1 unspecified atom stereocenters. The normalized spacial score (nSPS) is 19.5. The summed E-state index contributed by atoms with van der Waals surface area (Å²) < 4.78 is 32.5. The first-order valence-corrected chi connectivity index (χ1v) is 9.38. The second-order valence-electron chi connectivity index (χ2n) is 5.38. The lowest BCUT2D eigenvalue weighted by Crippen LogP contribution is -2.28. The second-order valence-corrected chi connectivity index (χ2v) is 8.43. The van der Waals surface area contributed by atoms with Gasteiger partial charge in [0.25, 0.3) is 10.0 Å². The molecular weight excluding hydrogens is 320 g/mol. The molecule has 7 heteroatoms. The Morgan fingerprint density at radius 3 is 2.95 bits per heavy atom. The number of pyridine rings is 1. The summed E-state index contributed by atoms with van der Waals surface area (Å²) in [4.78, 5) is 4.39. The second kappa shape index (κ2) is 5.98. The molecule has 0 amide bonds. The molecule has 1 aliphatic heterocycles. The maximum absolute atomic E-state index is 12.8. The maximum Gasteiger partial charge on any atom is 0.256 e. The minimum Gasteiger partial charge on any atom is -0.494 e. The number of sulfonamides is 1. The first-order valence-electron chi connectivity index (χ1n) is 7.06. The zero-order chi connectivity index (χ0) is 15.7. The van der Waals surface area contributed by atoms with E-state index in [-0.39, 0.29) is 10.1 Å². The van der Waals surface area contributed by atoms with E-state index >= 15 is 0 Å². The molecule has 0 radical (unpaired) electrons. The summed E-state index contributed by atoms with van der Waals surface area (Å²) in [5.74, 6) is 0.572.